The van der Waals surface area contributed by atoms with Crippen molar-refractivity contribution in [2.24, 2.45) is 0 Å². The number of alkyl halides is 2. The van der Waals surface area contributed by atoms with Gasteiger partial charge in [-0.05, 0) is 43.7 Å². The van der Waals surface area contributed by atoms with E-state index < -0.39 is 23.6 Å². The average Bonchev–Trinajstić information content (AvgIpc) is 3.62. The normalized spacial score (nSPS) is 12.8. The quantitative estimate of drug-likeness (QED) is 0.240. The van der Waals surface area contributed by atoms with Crippen molar-refractivity contribution in [3.8, 4) is 28.5 Å². The molecule has 0 bridgehead atoms. The second kappa shape index (κ2) is 9.40. The van der Waals surface area contributed by atoms with Gasteiger partial charge in [-0.25, -0.2) is 27.1 Å². The summed E-state index contributed by atoms with van der Waals surface area (Å²) in [4.78, 5) is 13.2. The Balaban J connectivity index is 1.36. The van der Waals surface area contributed by atoms with Crippen LogP contribution in [0.4, 0.5) is 17.6 Å². The number of hydrogen-bond donors (Lipinski definition) is 0. The molecule has 0 saturated carbocycles. The highest BCUT2D eigenvalue weighted by Crippen LogP contribution is 2.35. The van der Waals surface area contributed by atoms with Gasteiger partial charge in [0.05, 0.1) is 35.5 Å². The van der Waals surface area contributed by atoms with Crippen LogP contribution in [0.3, 0.4) is 0 Å². The third-order valence-electron chi connectivity index (χ3n) is 6.62. The molecule has 0 spiro atoms. The molecule has 1 aromatic carbocycles. The Kier molecular flexibility index (Phi) is 5.97. The first-order chi connectivity index (χ1) is 19.1. The van der Waals surface area contributed by atoms with Crippen LogP contribution in [-0.2, 0) is 0 Å². The molecule has 5 heterocycles. The van der Waals surface area contributed by atoms with Crippen LogP contribution in [0.2, 0.25) is 0 Å². The number of rotatable bonds is 6. The highest BCUT2D eigenvalue weighted by Gasteiger charge is 2.37. The molecular formula is C28H22F4N8. The van der Waals surface area contributed by atoms with E-state index in [1.807, 2.05) is 30.5 Å². The van der Waals surface area contributed by atoms with Gasteiger partial charge >= 0.3 is 0 Å². The maximum atomic E-state index is 15.2. The number of aryl methyl sites for hydroxylation is 2. The summed E-state index contributed by atoms with van der Waals surface area (Å²) >= 11 is 0. The van der Waals surface area contributed by atoms with Gasteiger partial charge in [-0.2, -0.15) is 10.1 Å². The number of pyridine rings is 1. The number of benzene rings is 1. The van der Waals surface area contributed by atoms with Gasteiger partial charge in [-0.15, -0.1) is 5.10 Å². The monoisotopic (exact) mass is 546 g/mol. The van der Waals surface area contributed by atoms with Crippen molar-refractivity contribution in [3.05, 3.63) is 102 Å². The molecule has 0 saturated heterocycles. The van der Waals surface area contributed by atoms with E-state index in [0.717, 1.165) is 35.1 Å². The molecule has 1 atom stereocenters. The zero-order chi connectivity index (χ0) is 28.2. The van der Waals surface area contributed by atoms with Crippen LogP contribution in [-0.4, -0.2) is 44.8 Å². The largest absolute Gasteiger partial charge is 0.286 e. The van der Waals surface area contributed by atoms with Crippen LogP contribution in [0.15, 0.2) is 73.4 Å². The summed E-state index contributed by atoms with van der Waals surface area (Å²) in [5.74, 6) is -3.90. The molecule has 0 N–H and O–H groups in total. The lowest BCUT2D eigenvalue weighted by atomic mass is 10.0. The van der Waals surface area contributed by atoms with Crippen molar-refractivity contribution in [2.45, 2.75) is 32.7 Å². The molecule has 12 heteroatoms. The van der Waals surface area contributed by atoms with Gasteiger partial charge in [0, 0.05) is 42.3 Å². The molecule has 0 fully saturated rings. The number of fused-ring (bicyclic) bond motifs is 1. The van der Waals surface area contributed by atoms with Crippen LogP contribution in [0.25, 0.3) is 34.1 Å². The van der Waals surface area contributed by atoms with Crippen molar-refractivity contribution in [3.63, 3.8) is 0 Å². The van der Waals surface area contributed by atoms with E-state index in [1.165, 1.54) is 53.7 Å². The maximum absolute atomic E-state index is 15.2. The van der Waals surface area contributed by atoms with Crippen molar-refractivity contribution in [2.75, 3.05) is 0 Å². The minimum absolute atomic E-state index is 0.135. The Morgan fingerprint density at radius 2 is 1.55 bits per heavy atom. The Bertz CT molecular complexity index is 1830. The number of hydrogen-bond acceptors (Lipinski definition) is 5. The summed E-state index contributed by atoms with van der Waals surface area (Å²) in [6, 6.07) is 8.52. The maximum Gasteiger partial charge on any atom is 0.271 e. The molecule has 0 radical (unpaired) electrons. The standard InChI is InChI=1S/C28H22F4N8/c1-16-4-5-17(2)40(16)27-36-25-10-22(30)21(15-38(25)37-27)24-13-33-12-23(35-24)19-11-34-39(14-19)26(28(3,31)32)18-6-8-20(29)9-7-18/h4-15,26H,1-3H3. The molecule has 40 heavy (non-hydrogen) atoms. The fourth-order valence-corrected chi connectivity index (χ4v) is 4.73. The summed E-state index contributed by atoms with van der Waals surface area (Å²) in [6.45, 7) is 4.63. The van der Waals surface area contributed by atoms with Crippen LogP contribution >= 0.6 is 0 Å². The van der Waals surface area contributed by atoms with Crippen LogP contribution < -0.4 is 0 Å². The van der Waals surface area contributed by atoms with E-state index in [0.29, 0.717) is 22.9 Å². The Labute approximate surface area is 225 Å². The highest BCUT2D eigenvalue weighted by atomic mass is 19.3. The summed E-state index contributed by atoms with van der Waals surface area (Å²) in [7, 11) is 0. The number of nitrogens with zero attached hydrogens (tertiary/aromatic N) is 8. The molecule has 1 unspecified atom stereocenters. The summed E-state index contributed by atoms with van der Waals surface area (Å²) < 4.78 is 62.3. The van der Waals surface area contributed by atoms with E-state index in [4.69, 9.17) is 0 Å². The van der Waals surface area contributed by atoms with Gasteiger partial charge < -0.3 is 0 Å². The predicted octanol–water partition coefficient (Wildman–Crippen LogP) is 5.98. The van der Waals surface area contributed by atoms with Crippen LogP contribution in [0, 0.1) is 25.5 Å². The Morgan fingerprint density at radius 3 is 2.25 bits per heavy atom. The van der Waals surface area contributed by atoms with Crippen molar-refractivity contribution in [1.29, 1.82) is 0 Å². The van der Waals surface area contributed by atoms with Gasteiger partial charge in [0.1, 0.15) is 17.7 Å². The van der Waals surface area contributed by atoms with Gasteiger partial charge in [-0.3, -0.25) is 14.2 Å². The van der Waals surface area contributed by atoms with E-state index in [-0.39, 0.29) is 16.8 Å². The van der Waals surface area contributed by atoms with Crippen LogP contribution in [0.1, 0.15) is 29.9 Å². The van der Waals surface area contributed by atoms with Crippen LogP contribution in [0.5, 0.6) is 0 Å². The third kappa shape index (κ3) is 4.51. The average molecular weight is 547 g/mol. The lowest BCUT2D eigenvalue weighted by molar-refractivity contribution is -0.0217. The number of halogens is 4. The van der Waals surface area contributed by atoms with E-state index in [1.54, 1.807) is 0 Å². The molecule has 0 aliphatic rings. The molecule has 5 aromatic heterocycles. The van der Waals surface area contributed by atoms with Gasteiger partial charge in [0.15, 0.2) is 5.65 Å². The zero-order valence-electron chi connectivity index (χ0n) is 21.6. The molecule has 202 valence electrons. The topological polar surface area (TPSA) is 78.7 Å². The van der Waals surface area contributed by atoms with Crippen molar-refractivity contribution >= 4 is 5.65 Å². The first kappa shape index (κ1) is 25.4. The first-order valence-corrected chi connectivity index (χ1v) is 12.3. The van der Waals surface area contributed by atoms with Gasteiger partial charge in [-0.1, -0.05) is 12.1 Å². The predicted molar refractivity (Wildman–Crippen MR) is 139 cm³/mol. The zero-order valence-corrected chi connectivity index (χ0v) is 21.6. The molecule has 8 nitrogen and oxygen atoms in total. The second-order valence-electron chi connectivity index (χ2n) is 9.61. The number of aromatic nitrogens is 8. The SMILES string of the molecule is Cc1ccc(C)n1-c1nc2cc(F)c(-c3cncc(-c4cnn(C(c5ccc(F)cc5)C(C)(F)F)c4)n3)cn2n1. The van der Waals surface area contributed by atoms with Gasteiger partial charge in [0.25, 0.3) is 11.9 Å². The van der Waals surface area contributed by atoms with E-state index in [2.05, 4.69) is 25.1 Å². The molecule has 0 aliphatic carbocycles. The van der Waals surface area contributed by atoms with E-state index in [9.17, 15) is 13.2 Å². The van der Waals surface area contributed by atoms with E-state index >= 15 is 4.39 Å². The fraction of sp³-hybridized carbons (Fsp3) is 0.179. The summed E-state index contributed by atoms with van der Waals surface area (Å²) in [5, 5.41) is 8.65. The molecule has 6 aromatic rings. The third-order valence-corrected chi connectivity index (χ3v) is 6.62. The Morgan fingerprint density at radius 1 is 0.850 bits per heavy atom. The first-order valence-electron chi connectivity index (χ1n) is 12.3. The highest BCUT2D eigenvalue weighted by molar-refractivity contribution is 5.65. The minimum Gasteiger partial charge on any atom is -0.286 e. The molecule has 0 aliphatic heterocycles. The summed E-state index contributed by atoms with van der Waals surface area (Å²) in [5.41, 5.74) is 3.44. The van der Waals surface area contributed by atoms with Gasteiger partial charge in [0.2, 0.25) is 0 Å². The molecular weight excluding hydrogens is 524 g/mol. The minimum atomic E-state index is -3.21. The molecule has 0 amide bonds. The smallest absolute Gasteiger partial charge is 0.271 e. The fourth-order valence-electron chi connectivity index (χ4n) is 4.73. The Hall–Kier alpha value is -4.87. The lowest BCUT2D eigenvalue weighted by Crippen LogP contribution is -2.29. The molecule has 6 rings (SSSR count). The summed E-state index contributed by atoms with van der Waals surface area (Å²) in [6.07, 6.45) is 7.10. The lowest BCUT2D eigenvalue weighted by Gasteiger charge is -2.24. The van der Waals surface area contributed by atoms with Crippen molar-refractivity contribution < 1.29 is 17.6 Å². The second-order valence-corrected chi connectivity index (χ2v) is 9.61. The van der Waals surface area contributed by atoms with Crippen molar-refractivity contribution in [1.82, 2.24) is 38.9 Å².